The minimum atomic E-state index is 0.0966. The highest BCUT2D eigenvalue weighted by molar-refractivity contribution is 5.79. The maximum absolute atomic E-state index is 12.2. The first-order valence-electron chi connectivity index (χ1n) is 8.56. The van der Waals surface area contributed by atoms with Gasteiger partial charge in [0.15, 0.2) is 0 Å². The number of carbonyl (C=O) groups excluding carboxylic acids is 1. The fourth-order valence-corrected chi connectivity index (χ4v) is 2.98. The largest absolute Gasteiger partial charge is 0.366 e. The highest BCUT2D eigenvalue weighted by atomic mass is 16.1. The van der Waals surface area contributed by atoms with Gasteiger partial charge in [-0.25, -0.2) is 0 Å². The molecule has 4 heteroatoms. The van der Waals surface area contributed by atoms with Crippen molar-refractivity contribution in [3.8, 4) is 0 Å². The minimum absolute atomic E-state index is 0.0966. The van der Waals surface area contributed by atoms with Crippen LogP contribution in [-0.2, 0) is 11.2 Å². The van der Waals surface area contributed by atoms with E-state index in [1.807, 2.05) is 19.3 Å². The summed E-state index contributed by atoms with van der Waals surface area (Å²) in [5.41, 5.74) is 4.66. The van der Waals surface area contributed by atoms with Gasteiger partial charge in [0, 0.05) is 19.3 Å². The Hall–Kier alpha value is -2.36. The van der Waals surface area contributed by atoms with Gasteiger partial charge in [0.2, 0.25) is 5.91 Å². The zero-order valence-electron chi connectivity index (χ0n) is 14.6. The first kappa shape index (κ1) is 16.5. The number of nitrogens with zero attached hydrogens (tertiary/aromatic N) is 2. The zero-order valence-corrected chi connectivity index (χ0v) is 14.6. The summed E-state index contributed by atoms with van der Waals surface area (Å²) >= 11 is 0. The molecule has 1 aliphatic rings. The molecule has 4 nitrogen and oxygen atoms in total. The molecule has 0 spiro atoms. The van der Waals surface area contributed by atoms with Crippen molar-refractivity contribution in [2.45, 2.75) is 39.2 Å². The fraction of sp³-hybridized carbons (Fsp3) is 0.400. The number of hydrogen-bond acceptors (Lipinski definition) is 3. The van der Waals surface area contributed by atoms with Crippen molar-refractivity contribution in [3.63, 3.8) is 0 Å². The van der Waals surface area contributed by atoms with Gasteiger partial charge in [0.1, 0.15) is 0 Å². The molecule has 0 unspecified atom stereocenters. The molecule has 1 N–H and O–H groups in total. The van der Waals surface area contributed by atoms with Crippen molar-refractivity contribution < 1.29 is 4.79 Å². The van der Waals surface area contributed by atoms with Crippen LogP contribution in [0, 0.1) is 6.92 Å². The van der Waals surface area contributed by atoms with Crippen LogP contribution >= 0.6 is 0 Å². The molecule has 1 amide bonds. The summed E-state index contributed by atoms with van der Waals surface area (Å²) < 4.78 is 0. The molecule has 2 heterocycles. The molecule has 2 aromatic rings. The van der Waals surface area contributed by atoms with Gasteiger partial charge in [-0.05, 0) is 35.6 Å². The maximum atomic E-state index is 12.2. The van der Waals surface area contributed by atoms with Crippen LogP contribution in [-0.4, -0.2) is 30.0 Å². The lowest BCUT2D eigenvalue weighted by atomic mass is 10.0. The summed E-state index contributed by atoms with van der Waals surface area (Å²) in [5, 5.41) is 3.12. The minimum Gasteiger partial charge on any atom is -0.366 e. The highest BCUT2D eigenvalue weighted by Crippen LogP contribution is 2.21. The van der Waals surface area contributed by atoms with E-state index in [0.717, 1.165) is 29.9 Å². The van der Waals surface area contributed by atoms with Crippen LogP contribution in [0.1, 0.15) is 36.5 Å². The average Bonchev–Trinajstić information content (AvgIpc) is 2.51. The summed E-state index contributed by atoms with van der Waals surface area (Å²) in [6, 6.07) is 10.7. The molecular weight excluding hydrogens is 298 g/mol. The van der Waals surface area contributed by atoms with E-state index in [1.165, 1.54) is 5.56 Å². The van der Waals surface area contributed by atoms with Gasteiger partial charge in [-0.15, -0.1) is 0 Å². The zero-order chi connectivity index (χ0) is 17.1. The van der Waals surface area contributed by atoms with E-state index in [0.29, 0.717) is 12.3 Å². The van der Waals surface area contributed by atoms with Crippen molar-refractivity contribution in [2.24, 2.45) is 0 Å². The highest BCUT2D eigenvalue weighted by Gasteiger charge is 2.28. The lowest BCUT2D eigenvalue weighted by Gasteiger charge is -2.41. The number of aryl methyl sites for hydroxylation is 1. The molecule has 24 heavy (non-hydrogen) atoms. The Morgan fingerprint density at radius 1 is 1.25 bits per heavy atom. The van der Waals surface area contributed by atoms with Gasteiger partial charge < -0.3 is 10.2 Å². The molecule has 0 atom stereocenters. The van der Waals surface area contributed by atoms with E-state index in [-0.39, 0.29) is 11.9 Å². The monoisotopic (exact) mass is 323 g/mol. The van der Waals surface area contributed by atoms with Gasteiger partial charge in [0.25, 0.3) is 0 Å². The SMILES string of the molecule is Cc1cncc(N2CC(NC(=O)Cc3ccc(C(C)C)cc3)C2)c1. The van der Waals surface area contributed by atoms with Gasteiger partial charge in [-0.2, -0.15) is 0 Å². The lowest BCUT2D eigenvalue weighted by molar-refractivity contribution is -0.121. The molecule has 3 rings (SSSR count). The van der Waals surface area contributed by atoms with Crippen molar-refractivity contribution in [1.29, 1.82) is 0 Å². The first-order valence-corrected chi connectivity index (χ1v) is 8.56. The summed E-state index contributed by atoms with van der Waals surface area (Å²) in [6.07, 6.45) is 4.18. The smallest absolute Gasteiger partial charge is 0.224 e. The van der Waals surface area contributed by atoms with Crippen LogP contribution in [0.3, 0.4) is 0 Å². The Morgan fingerprint density at radius 3 is 2.58 bits per heavy atom. The summed E-state index contributed by atoms with van der Waals surface area (Å²) in [5.74, 6) is 0.615. The van der Waals surface area contributed by atoms with Crippen molar-refractivity contribution in [1.82, 2.24) is 10.3 Å². The van der Waals surface area contributed by atoms with E-state index in [9.17, 15) is 4.79 Å². The van der Waals surface area contributed by atoms with E-state index in [4.69, 9.17) is 0 Å². The molecule has 1 aliphatic heterocycles. The second-order valence-corrected chi connectivity index (χ2v) is 6.96. The van der Waals surface area contributed by atoms with Crippen LogP contribution in [0.5, 0.6) is 0 Å². The molecule has 1 aromatic heterocycles. The second-order valence-electron chi connectivity index (χ2n) is 6.96. The predicted octanol–water partition coefficient (Wildman–Crippen LogP) is 3.06. The predicted molar refractivity (Wildman–Crippen MR) is 97.4 cm³/mol. The van der Waals surface area contributed by atoms with Crippen LogP contribution in [0.15, 0.2) is 42.7 Å². The molecule has 0 saturated carbocycles. The van der Waals surface area contributed by atoms with Crippen LogP contribution < -0.4 is 10.2 Å². The number of rotatable bonds is 5. The number of amides is 1. The quantitative estimate of drug-likeness (QED) is 0.920. The Morgan fingerprint density at radius 2 is 1.96 bits per heavy atom. The van der Waals surface area contributed by atoms with Gasteiger partial charge in [-0.1, -0.05) is 38.1 Å². The topological polar surface area (TPSA) is 45.2 Å². The third kappa shape index (κ3) is 3.94. The Kier molecular flexibility index (Phi) is 4.84. The molecule has 0 aliphatic carbocycles. The van der Waals surface area contributed by atoms with E-state index in [2.05, 4.69) is 59.4 Å². The second kappa shape index (κ2) is 7.04. The number of anilines is 1. The first-order chi connectivity index (χ1) is 11.5. The summed E-state index contributed by atoms with van der Waals surface area (Å²) in [4.78, 5) is 18.6. The van der Waals surface area contributed by atoms with Crippen LogP contribution in [0.2, 0.25) is 0 Å². The normalized spacial score (nSPS) is 14.6. The van der Waals surface area contributed by atoms with Gasteiger partial charge in [-0.3, -0.25) is 9.78 Å². The number of carbonyl (C=O) groups is 1. The van der Waals surface area contributed by atoms with E-state index in [1.54, 1.807) is 0 Å². The number of nitrogens with one attached hydrogen (secondary N) is 1. The van der Waals surface area contributed by atoms with Crippen LogP contribution in [0.25, 0.3) is 0 Å². The Bertz CT molecular complexity index is 703. The molecule has 1 saturated heterocycles. The molecule has 1 fully saturated rings. The van der Waals surface area contributed by atoms with E-state index < -0.39 is 0 Å². The fourth-order valence-electron chi connectivity index (χ4n) is 2.98. The Labute approximate surface area is 143 Å². The number of pyridine rings is 1. The molecule has 0 bridgehead atoms. The van der Waals surface area contributed by atoms with E-state index >= 15 is 0 Å². The van der Waals surface area contributed by atoms with Crippen LogP contribution in [0.4, 0.5) is 5.69 Å². The standard InChI is InChI=1S/C20H25N3O/c1-14(2)17-6-4-16(5-7-17)9-20(24)22-18-12-23(13-18)19-8-15(3)10-21-11-19/h4-8,10-11,14,18H,9,12-13H2,1-3H3,(H,22,24). The maximum Gasteiger partial charge on any atom is 0.224 e. The molecule has 1 aromatic carbocycles. The van der Waals surface area contributed by atoms with Crippen molar-refractivity contribution in [3.05, 3.63) is 59.4 Å². The number of aromatic nitrogens is 1. The van der Waals surface area contributed by atoms with Crippen molar-refractivity contribution in [2.75, 3.05) is 18.0 Å². The molecule has 126 valence electrons. The summed E-state index contributed by atoms with van der Waals surface area (Å²) in [6.45, 7) is 8.09. The Balaban J connectivity index is 1.47. The number of benzene rings is 1. The van der Waals surface area contributed by atoms with Gasteiger partial charge >= 0.3 is 0 Å². The van der Waals surface area contributed by atoms with Gasteiger partial charge in [0.05, 0.1) is 24.3 Å². The lowest BCUT2D eigenvalue weighted by Crippen LogP contribution is -2.59. The average molecular weight is 323 g/mol. The van der Waals surface area contributed by atoms with Crippen molar-refractivity contribution >= 4 is 11.6 Å². The third-order valence-electron chi connectivity index (χ3n) is 4.48. The molecular formula is C20H25N3O. The number of hydrogen-bond donors (Lipinski definition) is 1. The molecule has 0 radical (unpaired) electrons. The summed E-state index contributed by atoms with van der Waals surface area (Å²) in [7, 11) is 0. The third-order valence-corrected chi connectivity index (χ3v) is 4.48.